The molecule has 0 aliphatic heterocycles. The Bertz CT molecular complexity index is 907. The summed E-state index contributed by atoms with van der Waals surface area (Å²) >= 11 is 0. The van der Waals surface area contributed by atoms with E-state index in [2.05, 4.69) is 40.7 Å². The van der Waals surface area contributed by atoms with Crippen molar-refractivity contribution in [2.24, 2.45) is 0 Å². The van der Waals surface area contributed by atoms with Crippen LogP contribution in [0.15, 0.2) is 66.9 Å². The van der Waals surface area contributed by atoms with Crippen molar-refractivity contribution in [2.75, 3.05) is 17.2 Å². The largest absolute Gasteiger partial charge is 0.494 e. The number of nitrogens with zero attached hydrogens (tertiary/aromatic N) is 1. The topological polar surface area (TPSA) is 63.2 Å². The first-order valence-electron chi connectivity index (χ1n) is 8.94. The van der Waals surface area contributed by atoms with Crippen molar-refractivity contribution in [3.05, 3.63) is 83.7 Å². The predicted molar refractivity (Wildman–Crippen MR) is 108 cm³/mol. The van der Waals surface area contributed by atoms with Gasteiger partial charge in [-0.2, -0.15) is 0 Å². The van der Waals surface area contributed by atoms with Crippen LogP contribution >= 0.6 is 0 Å². The van der Waals surface area contributed by atoms with Gasteiger partial charge in [0.1, 0.15) is 11.4 Å². The molecule has 0 aliphatic rings. The van der Waals surface area contributed by atoms with Gasteiger partial charge in [-0.05, 0) is 55.8 Å². The minimum Gasteiger partial charge on any atom is -0.494 e. The number of nitrogens with one attached hydrogen (secondary N) is 2. The van der Waals surface area contributed by atoms with Crippen LogP contribution < -0.4 is 15.4 Å². The highest BCUT2D eigenvalue weighted by atomic mass is 16.5. The van der Waals surface area contributed by atoms with E-state index >= 15 is 0 Å². The molecule has 3 aromatic rings. The van der Waals surface area contributed by atoms with Crippen LogP contribution in [0.5, 0.6) is 5.75 Å². The lowest BCUT2D eigenvalue weighted by Gasteiger charge is -2.10. The maximum Gasteiger partial charge on any atom is 0.274 e. The first-order valence-corrected chi connectivity index (χ1v) is 8.94. The van der Waals surface area contributed by atoms with E-state index in [9.17, 15) is 4.79 Å². The van der Waals surface area contributed by atoms with Gasteiger partial charge in [-0.3, -0.25) is 9.78 Å². The molecule has 27 heavy (non-hydrogen) atoms. The fraction of sp³-hybridized carbons (Fsp3) is 0.182. The molecule has 1 amide bonds. The summed E-state index contributed by atoms with van der Waals surface area (Å²) in [6, 6.07) is 19.2. The maximum absolute atomic E-state index is 12.5. The van der Waals surface area contributed by atoms with Crippen LogP contribution in [-0.2, 0) is 6.54 Å². The highest BCUT2D eigenvalue weighted by molar-refractivity contribution is 6.03. The smallest absolute Gasteiger partial charge is 0.274 e. The summed E-state index contributed by atoms with van der Waals surface area (Å²) < 4.78 is 5.40. The van der Waals surface area contributed by atoms with Gasteiger partial charge in [-0.15, -0.1) is 0 Å². The molecular weight excluding hydrogens is 338 g/mol. The Hall–Kier alpha value is -3.34. The summed E-state index contributed by atoms with van der Waals surface area (Å²) in [5, 5.41) is 6.18. The summed E-state index contributed by atoms with van der Waals surface area (Å²) in [5.41, 5.74) is 4.32. The molecule has 138 valence electrons. The molecule has 0 saturated carbocycles. The third-order valence-electron chi connectivity index (χ3n) is 3.99. The highest BCUT2D eigenvalue weighted by Crippen LogP contribution is 2.17. The van der Waals surface area contributed by atoms with Crippen LogP contribution in [0.25, 0.3) is 0 Å². The molecule has 1 aromatic heterocycles. The van der Waals surface area contributed by atoms with Gasteiger partial charge < -0.3 is 15.4 Å². The van der Waals surface area contributed by atoms with Crippen LogP contribution in [0.1, 0.15) is 28.5 Å². The zero-order valence-corrected chi connectivity index (χ0v) is 15.5. The zero-order chi connectivity index (χ0) is 19.1. The van der Waals surface area contributed by atoms with Crippen molar-refractivity contribution >= 4 is 17.3 Å². The maximum atomic E-state index is 12.5. The number of ether oxygens (including phenoxy) is 1. The molecule has 1 heterocycles. The molecule has 0 saturated heterocycles. The number of anilines is 2. The third-order valence-corrected chi connectivity index (χ3v) is 3.99. The van der Waals surface area contributed by atoms with Gasteiger partial charge in [0.2, 0.25) is 0 Å². The number of amides is 1. The Labute approximate surface area is 159 Å². The number of aromatic nitrogens is 1. The first kappa shape index (κ1) is 18.5. The molecule has 3 rings (SSSR count). The summed E-state index contributed by atoms with van der Waals surface area (Å²) in [7, 11) is 0. The van der Waals surface area contributed by atoms with E-state index in [1.807, 2.05) is 43.3 Å². The number of carbonyl (C=O) groups excluding carboxylic acids is 1. The number of aryl methyl sites for hydroxylation is 1. The molecular formula is C22H23N3O2. The summed E-state index contributed by atoms with van der Waals surface area (Å²) in [5.74, 6) is 0.523. The second-order valence-electron chi connectivity index (χ2n) is 6.18. The first-order chi connectivity index (χ1) is 13.1. The number of pyridine rings is 1. The number of carbonyl (C=O) groups is 1. The molecule has 5 nitrogen and oxygen atoms in total. The Morgan fingerprint density at radius 1 is 1.04 bits per heavy atom. The second-order valence-corrected chi connectivity index (χ2v) is 6.18. The molecule has 2 aromatic carbocycles. The van der Waals surface area contributed by atoms with Crippen molar-refractivity contribution in [3.8, 4) is 5.75 Å². The van der Waals surface area contributed by atoms with Gasteiger partial charge in [0.05, 0.1) is 6.61 Å². The number of hydrogen-bond donors (Lipinski definition) is 2. The normalized spacial score (nSPS) is 10.3. The average Bonchev–Trinajstić information content (AvgIpc) is 2.68. The standard InChI is InChI=1S/C22H23N3O2/c1-3-27-20-9-7-18(8-10-20)25-22(26)21-14-19(11-12-23-21)24-15-17-6-4-5-16(2)13-17/h4-14H,3,15H2,1-2H3,(H,23,24)(H,25,26). The molecule has 0 spiro atoms. The van der Waals surface area contributed by atoms with Gasteiger partial charge in [-0.25, -0.2) is 0 Å². The van der Waals surface area contributed by atoms with E-state index in [1.54, 1.807) is 12.3 Å². The van der Waals surface area contributed by atoms with E-state index in [4.69, 9.17) is 4.74 Å². The number of benzene rings is 2. The van der Waals surface area contributed by atoms with Crippen molar-refractivity contribution < 1.29 is 9.53 Å². The average molecular weight is 361 g/mol. The minimum atomic E-state index is -0.252. The van der Waals surface area contributed by atoms with E-state index in [1.165, 1.54) is 11.1 Å². The fourth-order valence-corrected chi connectivity index (χ4v) is 2.69. The SMILES string of the molecule is CCOc1ccc(NC(=O)c2cc(NCc3cccc(C)c3)ccn2)cc1. The van der Waals surface area contributed by atoms with E-state index in [0.29, 0.717) is 24.5 Å². The fourth-order valence-electron chi connectivity index (χ4n) is 2.69. The van der Waals surface area contributed by atoms with Crippen LogP contribution in [0, 0.1) is 6.92 Å². The molecule has 0 bridgehead atoms. The Morgan fingerprint density at radius 2 is 1.85 bits per heavy atom. The van der Waals surface area contributed by atoms with Crippen LogP contribution in [0.3, 0.4) is 0 Å². The Kier molecular flexibility index (Phi) is 6.05. The second kappa shape index (κ2) is 8.85. The van der Waals surface area contributed by atoms with Crippen molar-refractivity contribution in [3.63, 3.8) is 0 Å². The molecule has 5 heteroatoms. The summed E-state index contributed by atoms with van der Waals surface area (Å²) in [6.07, 6.45) is 1.63. The van der Waals surface area contributed by atoms with Crippen LogP contribution in [0.2, 0.25) is 0 Å². The third kappa shape index (κ3) is 5.31. The number of rotatable bonds is 7. The molecule has 0 unspecified atom stereocenters. The Morgan fingerprint density at radius 3 is 2.59 bits per heavy atom. The molecule has 0 aliphatic carbocycles. The van der Waals surface area contributed by atoms with Gasteiger partial charge >= 0.3 is 0 Å². The molecule has 2 N–H and O–H groups in total. The van der Waals surface area contributed by atoms with Crippen molar-refractivity contribution in [1.82, 2.24) is 4.98 Å². The van der Waals surface area contributed by atoms with Crippen molar-refractivity contribution in [1.29, 1.82) is 0 Å². The number of hydrogen-bond acceptors (Lipinski definition) is 4. The summed E-state index contributed by atoms with van der Waals surface area (Å²) in [6.45, 7) is 5.30. The minimum absolute atomic E-state index is 0.252. The van der Waals surface area contributed by atoms with E-state index in [0.717, 1.165) is 11.4 Å². The predicted octanol–water partition coefficient (Wildman–Crippen LogP) is 4.65. The van der Waals surface area contributed by atoms with Gasteiger partial charge in [-0.1, -0.05) is 29.8 Å². The summed E-state index contributed by atoms with van der Waals surface area (Å²) in [4.78, 5) is 16.6. The van der Waals surface area contributed by atoms with Crippen molar-refractivity contribution in [2.45, 2.75) is 20.4 Å². The van der Waals surface area contributed by atoms with Gasteiger partial charge in [0, 0.05) is 24.1 Å². The monoisotopic (exact) mass is 361 g/mol. The van der Waals surface area contributed by atoms with Crippen LogP contribution in [-0.4, -0.2) is 17.5 Å². The van der Waals surface area contributed by atoms with E-state index < -0.39 is 0 Å². The lowest BCUT2D eigenvalue weighted by Crippen LogP contribution is -2.14. The van der Waals surface area contributed by atoms with Gasteiger partial charge in [0.25, 0.3) is 5.91 Å². The Balaban J connectivity index is 1.62. The molecule has 0 atom stereocenters. The zero-order valence-electron chi connectivity index (χ0n) is 15.5. The van der Waals surface area contributed by atoms with Crippen LogP contribution in [0.4, 0.5) is 11.4 Å². The lowest BCUT2D eigenvalue weighted by atomic mass is 10.1. The van der Waals surface area contributed by atoms with E-state index in [-0.39, 0.29) is 5.91 Å². The van der Waals surface area contributed by atoms with Gasteiger partial charge in [0.15, 0.2) is 0 Å². The lowest BCUT2D eigenvalue weighted by molar-refractivity contribution is 0.102. The quantitative estimate of drug-likeness (QED) is 0.643. The highest BCUT2D eigenvalue weighted by Gasteiger charge is 2.09. The molecule has 0 fully saturated rings. The molecule has 0 radical (unpaired) electrons.